The van der Waals surface area contributed by atoms with Crippen molar-refractivity contribution >= 4 is 12.1 Å². The van der Waals surface area contributed by atoms with Gasteiger partial charge in [0.25, 0.3) is 5.91 Å². The number of amides is 1. The van der Waals surface area contributed by atoms with Crippen molar-refractivity contribution in [1.29, 1.82) is 0 Å². The highest BCUT2D eigenvalue weighted by molar-refractivity contribution is 5.94. The molecule has 0 bridgehead atoms. The zero-order chi connectivity index (χ0) is 22.0. The maximum absolute atomic E-state index is 11.9. The highest BCUT2D eigenvalue weighted by Crippen LogP contribution is 2.40. The molecule has 1 aromatic rings. The molecule has 1 aliphatic carbocycles. The molecule has 4 heteroatoms. The lowest BCUT2D eigenvalue weighted by Crippen LogP contribution is -2.19. The molecule has 0 saturated heterocycles. The number of hydrazone groups is 1. The molecule has 158 valence electrons. The summed E-state index contributed by atoms with van der Waals surface area (Å²) in [5.41, 5.74) is 8.46. The molecular formula is C26H33N3O. The minimum absolute atomic E-state index is 0.264. The molecular weight excluding hydrogens is 370 g/mol. The second-order valence-corrected chi connectivity index (χ2v) is 8.41. The third-order valence-electron chi connectivity index (χ3n) is 5.28. The number of carbonyl (C=O) groups excluding carboxylic acids is 1. The Labute approximate surface area is 180 Å². The largest absolute Gasteiger partial charge is 0.272 e. The number of pyridine rings is 1. The summed E-state index contributed by atoms with van der Waals surface area (Å²) >= 11 is 0. The van der Waals surface area contributed by atoms with Gasteiger partial charge < -0.3 is 0 Å². The average Bonchev–Trinajstić information content (AvgIpc) is 2.71. The second kappa shape index (κ2) is 11.2. The van der Waals surface area contributed by atoms with Crippen LogP contribution in [0, 0.1) is 5.41 Å². The molecule has 0 saturated carbocycles. The van der Waals surface area contributed by atoms with Crippen molar-refractivity contribution < 1.29 is 4.79 Å². The van der Waals surface area contributed by atoms with Crippen LogP contribution in [0.3, 0.4) is 0 Å². The number of allylic oxidation sites excluding steroid dienone is 10. The Bertz CT molecular complexity index is 913. The van der Waals surface area contributed by atoms with Crippen molar-refractivity contribution in [3.8, 4) is 0 Å². The van der Waals surface area contributed by atoms with Gasteiger partial charge in [-0.2, -0.15) is 5.10 Å². The quantitative estimate of drug-likeness (QED) is 0.329. The van der Waals surface area contributed by atoms with Crippen LogP contribution in [-0.2, 0) is 0 Å². The fraction of sp³-hybridized carbons (Fsp3) is 0.346. The van der Waals surface area contributed by atoms with Crippen molar-refractivity contribution in [2.75, 3.05) is 0 Å². The summed E-state index contributed by atoms with van der Waals surface area (Å²) in [6, 6.07) is 3.41. The molecule has 0 radical (unpaired) electrons. The summed E-state index contributed by atoms with van der Waals surface area (Å²) in [7, 11) is 0. The summed E-state index contributed by atoms with van der Waals surface area (Å²) in [5, 5.41) is 3.94. The first-order valence-electron chi connectivity index (χ1n) is 10.4. The van der Waals surface area contributed by atoms with Gasteiger partial charge in [0.05, 0.1) is 5.56 Å². The Morgan fingerprint density at radius 1 is 1.20 bits per heavy atom. The van der Waals surface area contributed by atoms with Crippen molar-refractivity contribution in [2.24, 2.45) is 10.5 Å². The van der Waals surface area contributed by atoms with E-state index in [0.29, 0.717) is 5.56 Å². The summed E-state index contributed by atoms with van der Waals surface area (Å²) < 4.78 is 0. The smallest absolute Gasteiger partial charge is 0.267 e. The first-order valence-corrected chi connectivity index (χ1v) is 10.4. The highest BCUT2D eigenvalue weighted by Gasteiger charge is 2.26. The molecule has 1 heterocycles. The third kappa shape index (κ3) is 7.43. The van der Waals surface area contributed by atoms with Crippen LogP contribution in [0.5, 0.6) is 0 Å². The normalized spacial score (nSPS) is 18.0. The predicted octanol–water partition coefficient (Wildman–Crippen LogP) is 6.33. The number of hydrogen-bond donors (Lipinski definition) is 1. The van der Waals surface area contributed by atoms with Crippen LogP contribution in [-0.4, -0.2) is 17.1 Å². The Morgan fingerprint density at radius 2 is 1.97 bits per heavy atom. The fourth-order valence-electron chi connectivity index (χ4n) is 3.50. The summed E-state index contributed by atoms with van der Waals surface area (Å²) in [4.78, 5) is 15.8. The number of nitrogens with one attached hydrogen (secondary N) is 1. The standard InChI is InChI=1S/C26H33N3O/c1-20(13-14-24-22(3)11-7-16-26(24,4)5)9-6-10-21(2)15-18-28-29-25(30)23-12-8-17-27-19-23/h6,8-10,12-15,17-19H,7,11,16H2,1-5H3,(H,29,30)/b10-6-,14-13-,20-9-,21-15-,28-18+. The van der Waals surface area contributed by atoms with Gasteiger partial charge in [-0.3, -0.25) is 9.78 Å². The first kappa shape index (κ1) is 23.3. The zero-order valence-electron chi connectivity index (χ0n) is 18.8. The summed E-state index contributed by atoms with van der Waals surface area (Å²) in [5.74, 6) is -0.280. The molecule has 4 nitrogen and oxygen atoms in total. The molecule has 0 atom stereocenters. The maximum Gasteiger partial charge on any atom is 0.272 e. The van der Waals surface area contributed by atoms with Crippen LogP contribution in [0.15, 0.2) is 88.4 Å². The molecule has 0 unspecified atom stereocenters. The van der Waals surface area contributed by atoms with Crippen LogP contribution in [0.2, 0.25) is 0 Å². The Morgan fingerprint density at radius 3 is 2.67 bits per heavy atom. The molecule has 2 rings (SSSR count). The molecule has 1 N–H and O–H groups in total. The lowest BCUT2D eigenvalue weighted by Gasteiger charge is -2.32. The number of hydrogen-bond acceptors (Lipinski definition) is 3. The molecule has 1 aromatic heterocycles. The monoisotopic (exact) mass is 403 g/mol. The van der Waals surface area contributed by atoms with Gasteiger partial charge in [0.2, 0.25) is 0 Å². The first-order chi connectivity index (χ1) is 14.3. The van der Waals surface area contributed by atoms with Crippen molar-refractivity contribution in [3.63, 3.8) is 0 Å². The Hall–Kier alpha value is -3.01. The van der Waals surface area contributed by atoms with Gasteiger partial charge in [0.1, 0.15) is 0 Å². The van der Waals surface area contributed by atoms with E-state index in [9.17, 15) is 4.79 Å². The number of aromatic nitrogens is 1. The van der Waals surface area contributed by atoms with E-state index < -0.39 is 0 Å². The second-order valence-electron chi connectivity index (χ2n) is 8.41. The topological polar surface area (TPSA) is 54.4 Å². The van der Waals surface area contributed by atoms with Crippen molar-refractivity contribution in [1.82, 2.24) is 10.4 Å². The van der Waals surface area contributed by atoms with Crippen LogP contribution < -0.4 is 5.43 Å². The predicted molar refractivity (Wildman–Crippen MR) is 126 cm³/mol. The molecule has 0 fully saturated rings. The van der Waals surface area contributed by atoms with E-state index in [4.69, 9.17) is 0 Å². The van der Waals surface area contributed by atoms with Gasteiger partial charge in [0.15, 0.2) is 0 Å². The molecule has 0 spiro atoms. The molecule has 1 amide bonds. The number of carbonyl (C=O) groups is 1. The van der Waals surface area contributed by atoms with Gasteiger partial charge in [-0.25, -0.2) is 5.43 Å². The highest BCUT2D eigenvalue weighted by atomic mass is 16.2. The van der Waals surface area contributed by atoms with E-state index in [1.165, 1.54) is 42.2 Å². The van der Waals surface area contributed by atoms with E-state index in [1.807, 2.05) is 25.2 Å². The Balaban J connectivity index is 1.88. The molecule has 0 aromatic carbocycles. The Kier molecular flexibility index (Phi) is 8.72. The fourth-order valence-corrected chi connectivity index (χ4v) is 3.50. The van der Waals surface area contributed by atoms with E-state index in [2.05, 4.69) is 61.4 Å². The van der Waals surface area contributed by atoms with Gasteiger partial charge in [0, 0.05) is 18.6 Å². The van der Waals surface area contributed by atoms with E-state index >= 15 is 0 Å². The van der Waals surface area contributed by atoms with Crippen LogP contribution >= 0.6 is 0 Å². The third-order valence-corrected chi connectivity index (χ3v) is 5.28. The van der Waals surface area contributed by atoms with Gasteiger partial charge in [-0.15, -0.1) is 0 Å². The lowest BCUT2D eigenvalue weighted by atomic mass is 9.72. The van der Waals surface area contributed by atoms with Crippen LogP contribution in [0.4, 0.5) is 0 Å². The molecule has 0 aliphatic heterocycles. The van der Waals surface area contributed by atoms with E-state index in [-0.39, 0.29) is 11.3 Å². The minimum Gasteiger partial charge on any atom is -0.267 e. The number of nitrogens with zero attached hydrogens (tertiary/aromatic N) is 2. The zero-order valence-corrected chi connectivity index (χ0v) is 18.8. The molecule has 1 aliphatic rings. The van der Waals surface area contributed by atoms with Gasteiger partial charge in [-0.05, 0) is 74.8 Å². The van der Waals surface area contributed by atoms with Gasteiger partial charge in [-0.1, -0.05) is 55.4 Å². The van der Waals surface area contributed by atoms with E-state index in [1.54, 1.807) is 24.5 Å². The average molecular weight is 404 g/mol. The summed E-state index contributed by atoms with van der Waals surface area (Å²) in [6.45, 7) is 11.0. The van der Waals surface area contributed by atoms with Gasteiger partial charge >= 0.3 is 0 Å². The summed E-state index contributed by atoms with van der Waals surface area (Å²) in [6.07, 6.45) is 20.9. The lowest BCUT2D eigenvalue weighted by molar-refractivity contribution is 0.0955. The van der Waals surface area contributed by atoms with Crippen molar-refractivity contribution in [2.45, 2.75) is 53.9 Å². The SMILES string of the molecule is CC1=C(\C=C/C(C)=C\C=C/C(C)=C\C=N\NC(=O)c2cccnc2)C(C)(C)CCC1. The van der Waals surface area contributed by atoms with E-state index in [0.717, 1.165) is 5.57 Å². The molecule has 30 heavy (non-hydrogen) atoms. The van der Waals surface area contributed by atoms with Crippen molar-refractivity contribution in [3.05, 3.63) is 88.8 Å². The van der Waals surface area contributed by atoms with Crippen LogP contribution in [0.1, 0.15) is 64.2 Å². The van der Waals surface area contributed by atoms with Crippen LogP contribution in [0.25, 0.3) is 0 Å². The maximum atomic E-state index is 11.9. The number of rotatable bonds is 7. The minimum atomic E-state index is -0.280.